The van der Waals surface area contributed by atoms with E-state index in [1.54, 1.807) is 4.90 Å². The van der Waals surface area contributed by atoms with E-state index in [-0.39, 0.29) is 23.8 Å². The fourth-order valence-corrected chi connectivity index (χ4v) is 3.56. The molecular formula is C16H25N5O3. The Bertz CT molecular complexity index is 602. The third kappa shape index (κ3) is 3.58. The van der Waals surface area contributed by atoms with Crippen LogP contribution in [-0.4, -0.2) is 57.9 Å². The number of carbonyl (C=O) groups excluding carboxylic acids is 2. The molecule has 0 aromatic carbocycles. The second-order valence-corrected chi connectivity index (χ2v) is 6.61. The summed E-state index contributed by atoms with van der Waals surface area (Å²) in [5, 5.41) is 4.06. The number of primary amides is 1. The molecule has 24 heavy (non-hydrogen) atoms. The average molecular weight is 335 g/mol. The number of hydrogen-bond acceptors (Lipinski definition) is 6. The van der Waals surface area contributed by atoms with Crippen molar-refractivity contribution in [3.8, 4) is 0 Å². The number of nitrogens with two attached hydrogens (primary N) is 1. The molecule has 2 amide bonds. The molecule has 1 aromatic rings. The molecular weight excluding hydrogens is 310 g/mol. The lowest BCUT2D eigenvalue weighted by molar-refractivity contribution is -0.136. The van der Waals surface area contributed by atoms with Gasteiger partial charge in [-0.1, -0.05) is 12.1 Å². The summed E-state index contributed by atoms with van der Waals surface area (Å²) in [7, 11) is 0. The number of aryl methyl sites for hydroxylation is 1. The normalized spacial score (nSPS) is 25.1. The zero-order valence-electron chi connectivity index (χ0n) is 14.1. The van der Waals surface area contributed by atoms with Crippen molar-refractivity contribution >= 4 is 11.8 Å². The molecule has 0 aliphatic carbocycles. The fraction of sp³-hybridized carbons (Fsp3) is 0.750. The van der Waals surface area contributed by atoms with Crippen molar-refractivity contribution < 1.29 is 14.1 Å². The van der Waals surface area contributed by atoms with E-state index in [0.29, 0.717) is 37.8 Å². The van der Waals surface area contributed by atoms with Gasteiger partial charge in [0.25, 0.3) is 0 Å². The molecule has 2 atom stereocenters. The molecule has 8 heteroatoms. The molecule has 0 saturated carbocycles. The van der Waals surface area contributed by atoms with Gasteiger partial charge in [0.1, 0.15) is 0 Å². The van der Waals surface area contributed by atoms with Gasteiger partial charge in [0.05, 0.1) is 18.5 Å². The largest absolute Gasteiger partial charge is 0.369 e. The van der Waals surface area contributed by atoms with Gasteiger partial charge in [0, 0.05) is 19.5 Å². The molecule has 2 saturated heterocycles. The first-order valence-electron chi connectivity index (χ1n) is 8.72. The van der Waals surface area contributed by atoms with Crippen LogP contribution >= 0.6 is 0 Å². The van der Waals surface area contributed by atoms with Crippen molar-refractivity contribution in [3.05, 3.63) is 11.7 Å². The van der Waals surface area contributed by atoms with E-state index in [9.17, 15) is 9.59 Å². The Kier molecular flexibility index (Phi) is 5.13. The number of piperidine rings is 1. The quantitative estimate of drug-likeness (QED) is 0.839. The second kappa shape index (κ2) is 7.29. The van der Waals surface area contributed by atoms with Crippen LogP contribution in [0, 0.1) is 5.92 Å². The molecule has 2 aliphatic rings. The van der Waals surface area contributed by atoms with E-state index in [4.69, 9.17) is 10.3 Å². The van der Waals surface area contributed by atoms with Crippen molar-refractivity contribution in [1.82, 2.24) is 19.9 Å². The van der Waals surface area contributed by atoms with Crippen LogP contribution in [0.15, 0.2) is 4.52 Å². The topological polar surface area (TPSA) is 106 Å². The number of rotatable bonds is 5. The highest BCUT2D eigenvalue weighted by Crippen LogP contribution is 2.30. The van der Waals surface area contributed by atoms with Gasteiger partial charge in [0.2, 0.25) is 17.7 Å². The van der Waals surface area contributed by atoms with Crippen LogP contribution in [0.4, 0.5) is 0 Å². The zero-order valence-corrected chi connectivity index (χ0v) is 14.1. The van der Waals surface area contributed by atoms with E-state index >= 15 is 0 Å². The summed E-state index contributed by atoms with van der Waals surface area (Å²) in [6.07, 6.45) is 4.25. The molecule has 8 nitrogen and oxygen atoms in total. The maximum atomic E-state index is 12.6. The molecule has 3 rings (SSSR count). The summed E-state index contributed by atoms with van der Waals surface area (Å²) in [4.78, 5) is 32.3. The van der Waals surface area contributed by atoms with Crippen LogP contribution in [0.3, 0.4) is 0 Å². The fourth-order valence-electron chi connectivity index (χ4n) is 3.56. The van der Waals surface area contributed by atoms with E-state index in [1.807, 2.05) is 6.92 Å². The molecule has 3 heterocycles. The van der Waals surface area contributed by atoms with Gasteiger partial charge >= 0.3 is 0 Å². The van der Waals surface area contributed by atoms with Crippen molar-refractivity contribution in [2.24, 2.45) is 11.7 Å². The van der Waals surface area contributed by atoms with Gasteiger partial charge in [-0.15, -0.1) is 0 Å². The summed E-state index contributed by atoms with van der Waals surface area (Å²) in [6, 6.07) is 0.0368. The molecule has 2 aliphatic heterocycles. The lowest BCUT2D eigenvalue weighted by Crippen LogP contribution is -2.47. The molecule has 0 unspecified atom stereocenters. The van der Waals surface area contributed by atoms with E-state index in [0.717, 1.165) is 32.2 Å². The standard InChI is InChI=1S/C16H25N5O3/c1-2-13-18-16(19-24-13)12-6-4-7-20(12)10-14(22)21-8-3-5-11(9-21)15(17)23/h11-12H,2-10H2,1H3,(H2,17,23)/t11-,12-/m1/s1. The van der Waals surface area contributed by atoms with Crippen LogP contribution in [0.2, 0.25) is 0 Å². The van der Waals surface area contributed by atoms with Gasteiger partial charge < -0.3 is 15.2 Å². The molecule has 132 valence electrons. The van der Waals surface area contributed by atoms with Crippen molar-refractivity contribution in [3.63, 3.8) is 0 Å². The van der Waals surface area contributed by atoms with Crippen LogP contribution in [0.1, 0.15) is 50.4 Å². The monoisotopic (exact) mass is 335 g/mol. The van der Waals surface area contributed by atoms with Crippen molar-refractivity contribution in [1.29, 1.82) is 0 Å². The molecule has 0 radical (unpaired) electrons. The maximum absolute atomic E-state index is 12.6. The average Bonchev–Trinajstić information content (AvgIpc) is 3.23. The maximum Gasteiger partial charge on any atom is 0.236 e. The first-order valence-corrected chi connectivity index (χ1v) is 8.72. The lowest BCUT2D eigenvalue weighted by Gasteiger charge is -2.33. The minimum Gasteiger partial charge on any atom is -0.369 e. The number of aromatic nitrogens is 2. The Balaban J connectivity index is 1.61. The zero-order chi connectivity index (χ0) is 17.1. The first kappa shape index (κ1) is 16.9. The predicted octanol–water partition coefficient (Wildman–Crippen LogP) is 0.493. The number of carbonyl (C=O) groups is 2. The summed E-state index contributed by atoms with van der Waals surface area (Å²) in [6.45, 7) is 4.28. The van der Waals surface area contributed by atoms with Gasteiger partial charge in [-0.25, -0.2) is 0 Å². The van der Waals surface area contributed by atoms with Crippen molar-refractivity contribution in [2.45, 2.75) is 45.1 Å². The Labute approximate surface area is 141 Å². The summed E-state index contributed by atoms with van der Waals surface area (Å²) >= 11 is 0. The minimum absolute atomic E-state index is 0.0368. The smallest absolute Gasteiger partial charge is 0.236 e. The summed E-state index contributed by atoms with van der Waals surface area (Å²) in [5.74, 6) is 0.813. The van der Waals surface area contributed by atoms with E-state index in [2.05, 4.69) is 15.0 Å². The van der Waals surface area contributed by atoms with Gasteiger partial charge in [-0.2, -0.15) is 4.98 Å². The molecule has 2 fully saturated rings. The van der Waals surface area contributed by atoms with Crippen LogP contribution < -0.4 is 5.73 Å². The van der Waals surface area contributed by atoms with Crippen LogP contribution in [-0.2, 0) is 16.0 Å². The Morgan fingerprint density at radius 3 is 2.79 bits per heavy atom. The third-order valence-electron chi connectivity index (χ3n) is 4.96. The minimum atomic E-state index is -0.314. The summed E-state index contributed by atoms with van der Waals surface area (Å²) < 4.78 is 5.20. The van der Waals surface area contributed by atoms with E-state index in [1.165, 1.54) is 0 Å². The number of likely N-dealkylation sites (tertiary alicyclic amines) is 2. The third-order valence-corrected chi connectivity index (χ3v) is 4.96. The Hall–Kier alpha value is -1.96. The Morgan fingerprint density at radius 1 is 1.29 bits per heavy atom. The molecule has 0 spiro atoms. The van der Waals surface area contributed by atoms with Crippen LogP contribution in [0.25, 0.3) is 0 Å². The molecule has 0 bridgehead atoms. The van der Waals surface area contributed by atoms with Gasteiger partial charge in [-0.3, -0.25) is 14.5 Å². The first-order chi connectivity index (χ1) is 11.6. The highest BCUT2D eigenvalue weighted by atomic mass is 16.5. The SMILES string of the molecule is CCc1nc([C@H]2CCCN2CC(=O)N2CCC[C@@H](C(N)=O)C2)no1. The van der Waals surface area contributed by atoms with Crippen LogP contribution in [0.5, 0.6) is 0 Å². The number of nitrogens with zero attached hydrogens (tertiary/aromatic N) is 4. The Morgan fingerprint density at radius 2 is 2.08 bits per heavy atom. The number of hydrogen-bond donors (Lipinski definition) is 1. The lowest BCUT2D eigenvalue weighted by atomic mass is 9.97. The molecule has 2 N–H and O–H groups in total. The van der Waals surface area contributed by atoms with E-state index < -0.39 is 0 Å². The molecule has 1 aromatic heterocycles. The highest BCUT2D eigenvalue weighted by Gasteiger charge is 2.33. The van der Waals surface area contributed by atoms with Gasteiger partial charge in [0.15, 0.2) is 5.82 Å². The second-order valence-electron chi connectivity index (χ2n) is 6.61. The highest BCUT2D eigenvalue weighted by molar-refractivity contribution is 5.81. The van der Waals surface area contributed by atoms with Gasteiger partial charge in [-0.05, 0) is 32.2 Å². The number of amides is 2. The predicted molar refractivity (Wildman–Crippen MR) is 85.7 cm³/mol. The van der Waals surface area contributed by atoms with Crippen molar-refractivity contribution in [2.75, 3.05) is 26.2 Å². The summed E-state index contributed by atoms with van der Waals surface area (Å²) in [5.41, 5.74) is 5.39.